The van der Waals surface area contributed by atoms with Crippen molar-refractivity contribution in [2.24, 2.45) is 0 Å². The second kappa shape index (κ2) is 4.93. The van der Waals surface area contributed by atoms with E-state index in [0.29, 0.717) is 0 Å². The Bertz CT molecular complexity index is 220. The summed E-state index contributed by atoms with van der Waals surface area (Å²) >= 11 is 0. The molecule has 0 saturated carbocycles. The second-order valence-corrected chi connectivity index (χ2v) is 1.80. The molecule has 0 aliphatic rings. The molecule has 0 aliphatic heterocycles. The molecule has 0 aliphatic carbocycles. The molecule has 0 unspecified atom stereocenters. The first-order chi connectivity index (χ1) is 4.33. The summed E-state index contributed by atoms with van der Waals surface area (Å²) in [6, 6.07) is 6.96. The Kier molecular flexibility index (Phi) is 5.03. The van der Waals surface area contributed by atoms with Gasteiger partial charge in [-0.1, -0.05) is 24.8 Å². The second-order valence-electron chi connectivity index (χ2n) is 1.80. The smallest absolute Gasteiger partial charge is 0.116 e. The first kappa shape index (κ1) is 10.2. The average molecular weight is 347 g/mol. The SMILES string of the molecule is C=Cc1cccc(O)c1.[Ac]. The maximum atomic E-state index is 8.90. The number of hydrogen-bond acceptors (Lipinski definition) is 1. The molecule has 10 heavy (non-hydrogen) atoms. The Hall–Kier alpha value is 0.202. The standard InChI is InChI=1S/C8H8O.Ac/c1-2-7-4-3-5-8(9)6-7;/h2-6,9H,1H2;. The molecule has 1 nitrogen and oxygen atoms in total. The molecular formula is C8H8AcO. The normalized spacial score (nSPS) is 8.00. The molecule has 0 amide bonds. The van der Waals surface area contributed by atoms with Crippen molar-refractivity contribution in [1.82, 2.24) is 0 Å². The van der Waals surface area contributed by atoms with Crippen molar-refractivity contribution in [3.05, 3.63) is 36.4 Å². The van der Waals surface area contributed by atoms with Crippen LogP contribution in [0.5, 0.6) is 5.75 Å². The molecule has 0 bridgehead atoms. The van der Waals surface area contributed by atoms with Gasteiger partial charge in [0.15, 0.2) is 0 Å². The molecule has 1 aromatic carbocycles. The molecule has 0 atom stereocenters. The minimum atomic E-state index is 0. The molecule has 0 fully saturated rings. The molecule has 0 spiro atoms. The average Bonchev–Trinajstić information content (AvgIpc) is 1.88. The third-order valence-corrected chi connectivity index (χ3v) is 1.11. The van der Waals surface area contributed by atoms with Gasteiger partial charge in [0.25, 0.3) is 0 Å². The van der Waals surface area contributed by atoms with Gasteiger partial charge in [-0.05, 0) is 17.7 Å². The fourth-order valence-electron chi connectivity index (χ4n) is 0.652. The van der Waals surface area contributed by atoms with Gasteiger partial charge in [-0.3, -0.25) is 0 Å². The minimum absolute atomic E-state index is 0. The van der Waals surface area contributed by atoms with E-state index in [1.165, 1.54) is 0 Å². The maximum Gasteiger partial charge on any atom is 0.116 e. The van der Waals surface area contributed by atoms with Gasteiger partial charge >= 0.3 is 0 Å². The first-order valence-corrected chi connectivity index (χ1v) is 2.74. The van der Waals surface area contributed by atoms with Gasteiger partial charge in [-0.25, -0.2) is 0 Å². The van der Waals surface area contributed by atoms with E-state index < -0.39 is 0 Å². The van der Waals surface area contributed by atoms with Crippen molar-refractivity contribution in [1.29, 1.82) is 0 Å². The molecule has 0 aromatic heterocycles. The topological polar surface area (TPSA) is 20.2 Å². The van der Waals surface area contributed by atoms with Crippen molar-refractivity contribution < 1.29 is 49.2 Å². The summed E-state index contributed by atoms with van der Waals surface area (Å²) in [5.41, 5.74) is 0.940. The summed E-state index contributed by atoms with van der Waals surface area (Å²) in [5.74, 6) is 0.285. The Morgan fingerprint density at radius 1 is 1.40 bits per heavy atom. The molecular weight excluding hydrogens is 339 g/mol. The van der Waals surface area contributed by atoms with Gasteiger partial charge in [0.1, 0.15) is 5.75 Å². The summed E-state index contributed by atoms with van der Waals surface area (Å²) < 4.78 is 0. The minimum Gasteiger partial charge on any atom is -0.508 e. The third-order valence-electron chi connectivity index (χ3n) is 1.11. The van der Waals surface area contributed by atoms with Gasteiger partial charge in [0.2, 0.25) is 0 Å². The monoisotopic (exact) mass is 347 g/mol. The van der Waals surface area contributed by atoms with Crippen LogP contribution in [0.1, 0.15) is 5.56 Å². The largest absolute Gasteiger partial charge is 0.508 e. The summed E-state index contributed by atoms with van der Waals surface area (Å²) in [5, 5.41) is 8.90. The quantitative estimate of drug-likeness (QED) is 0.825. The zero-order valence-corrected chi connectivity index (χ0v) is 10.4. The van der Waals surface area contributed by atoms with E-state index in [1.807, 2.05) is 6.07 Å². The van der Waals surface area contributed by atoms with E-state index in [0.717, 1.165) is 5.56 Å². The van der Waals surface area contributed by atoms with E-state index in [1.54, 1.807) is 24.3 Å². The van der Waals surface area contributed by atoms with E-state index in [4.69, 9.17) is 5.11 Å². The zero-order chi connectivity index (χ0) is 6.69. The summed E-state index contributed by atoms with van der Waals surface area (Å²) in [6.07, 6.45) is 1.69. The van der Waals surface area contributed by atoms with Crippen LogP contribution in [-0.2, 0) is 0 Å². The number of hydrogen-bond donors (Lipinski definition) is 1. The van der Waals surface area contributed by atoms with Crippen LogP contribution in [0.25, 0.3) is 6.08 Å². The van der Waals surface area contributed by atoms with Crippen molar-refractivity contribution in [3.8, 4) is 5.75 Å². The van der Waals surface area contributed by atoms with Crippen LogP contribution in [0.3, 0.4) is 0 Å². The number of phenolic OH excluding ortho intramolecular Hbond substituents is 1. The van der Waals surface area contributed by atoms with Crippen LogP contribution < -0.4 is 0 Å². The molecule has 1 aromatic rings. The number of benzene rings is 1. The van der Waals surface area contributed by atoms with Crippen LogP contribution in [0.15, 0.2) is 30.8 Å². The van der Waals surface area contributed by atoms with Crippen molar-refractivity contribution in [2.45, 2.75) is 0 Å². The molecule has 1 N–H and O–H groups in total. The van der Waals surface area contributed by atoms with Gasteiger partial charge in [0.05, 0.1) is 0 Å². The van der Waals surface area contributed by atoms with Gasteiger partial charge in [-0.2, -0.15) is 0 Å². The summed E-state index contributed by atoms with van der Waals surface area (Å²) in [7, 11) is 0. The zero-order valence-electron chi connectivity index (χ0n) is 5.62. The Morgan fingerprint density at radius 3 is 2.50 bits per heavy atom. The Balaban J connectivity index is 0.000000810. The van der Waals surface area contributed by atoms with Crippen LogP contribution in [-0.4, -0.2) is 5.11 Å². The van der Waals surface area contributed by atoms with E-state index >= 15 is 0 Å². The van der Waals surface area contributed by atoms with Crippen molar-refractivity contribution in [2.75, 3.05) is 0 Å². The molecule has 0 heterocycles. The third kappa shape index (κ3) is 2.86. The summed E-state index contributed by atoms with van der Waals surface area (Å²) in [4.78, 5) is 0. The number of aromatic hydroxyl groups is 1. The van der Waals surface area contributed by atoms with E-state index in [-0.39, 0.29) is 49.8 Å². The predicted octanol–water partition coefficient (Wildman–Crippen LogP) is 2.04. The maximum absolute atomic E-state index is 8.90. The fourth-order valence-corrected chi connectivity index (χ4v) is 0.652. The Morgan fingerprint density at radius 2 is 2.10 bits per heavy atom. The molecule has 1 radical (unpaired) electrons. The molecule has 1 rings (SSSR count). The predicted molar refractivity (Wildman–Crippen MR) is 38.2 cm³/mol. The van der Waals surface area contributed by atoms with Gasteiger partial charge in [-0.15, -0.1) is 0 Å². The van der Waals surface area contributed by atoms with Gasteiger partial charge < -0.3 is 5.11 Å². The van der Waals surface area contributed by atoms with Crippen LogP contribution in [0.2, 0.25) is 0 Å². The van der Waals surface area contributed by atoms with Crippen LogP contribution in [0, 0.1) is 44.1 Å². The molecule has 49 valence electrons. The van der Waals surface area contributed by atoms with Gasteiger partial charge in [0, 0.05) is 44.1 Å². The molecule has 0 saturated heterocycles. The number of rotatable bonds is 1. The van der Waals surface area contributed by atoms with Crippen molar-refractivity contribution in [3.63, 3.8) is 0 Å². The van der Waals surface area contributed by atoms with E-state index in [9.17, 15) is 0 Å². The van der Waals surface area contributed by atoms with Crippen LogP contribution in [0.4, 0.5) is 0 Å². The molecule has 2 heteroatoms. The van der Waals surface area contributed by atoms with Crippen molar-refractivity contribution >= 4 is 6.08 Å². The fraction of sp³-hybridized carbons (Fsp3) is 0. The number of phenols is 1. The Labute approximate surface area is 96.3 Å². The van der Waals surface area contributed by atoms with E-state index in [2.05, 4.69) is 6.58 Å². The van der Waals surface area contributed by atoms with Crippen LogP contribution >= 0.6 is 0 Å². The summed E-state index contributed by atoms with van der Waals surface area (Å²) in [6.45, 7) is 3.56. The first-order valence-electron chi connectivity index (χ1n) is 2.74.